The molecule has 4 heteroatoms. The van der Waals surface area contributed by atoms with Gasteiger partial charge in [0.1, 0.15) is 5.75 Å². The fraction of sp³-hybridized carbons (Fsp3) is 0.211. The van der Waals surface area contributed by atoms with Crippen LogP contribution in [0.4, 0.5) is 5.69 Å². The van der Waals surface area contributed by atoms with E-state index in [9.17, 15) is 4.79 Å². The van der Waals surface area contributed by atoms with Gasteiger partial charge in [-0.05, 0) is 61.9 Å². The third-order valence-corrected chi connectivity index (χ3v) is 3.67. The first-order valence-corrected chi connectivity index (χ1v) is 8.36. The minimum absolute atomic E-state index is 0.0228. The van der Waals surface area contributed by atoms with Crippen molar-refractivity contribution in [1.82, 2.24) is 0 Å². The number of rotatable bonds is 7. The topological polar surface area (TPSA) is 38.3 Å². The van der Waals surface area contributed by atoms with Crippen LogP contribution < -0.4 is 10.1 Å². The summed E-state index contributed by atoms with van der Waals surface area (Å²) in [6, 6.07) is 15.0. The molecule has 0 heterocycles. The van der Waals surface area contributed by atoms with Crippen LogP contribution in [0.15, 0.2) is 64.8 Å². The maximum Gasteiger partial charge on any atom is 0.187 e. The van der Waals surface area contributed by atoms with E-state index in [2.05, 4.69) is 28.2 Å². The second-order valence-electron chi connectivity index (χ2n) is 5.20. The van der Waals surface area contributed by atoms with E-state index in [1.165, 1.54) is 0 Å². The number of ketones is 1. The van der Waals surface area contributed by atoms with Crippen molar-refractivity contribution in [3.63, 3.8) is 0 Å². The number of benzene rings is 2. The van der Waals surface area contributed by atoms with Crippen molar-refractivity contribution in [2.75, 3.05) is 11.9 Å². The SMILES string of the molecule is CCCOc1ccc(NC(C)=CC(=O)c2ccc(Br)cc2)cc1. The van der Waals surface area contributed by atoms with Crippen molar-refractivity contribution in [3.8, 4) is 5.75 Å². The average Bonchev–Trinajstić information content (AvgIpc) is 2.54. The number of hydrogen-bond donors (Lipinski definition) is 1. The van der Waals surface area contributed by atoms with Gasteiger partial charge in [0, 0.05) is 27.5 Å². The Kier molecular flexibility index (Phi) is 6.41. The van der Waals surface area contributed by atoms with E-state index in [0.29, 0.717) is 12.2 Å². The number of ether oxygens (including phenoxy) is 1. The molecule has 0 fully saturated rings. The van der Waals surface area contributed by atoms with E-state index < -0.39 is 0 Å². The molecule has 0 unspecified atom stereocenters. The highest BCUT2D eigenvalue weighted by atomic mass is 79.9. The minimum Gasteiger partial charge on any atom is -0.494 e. The van der Waals surface area contributed by atoms with E-state index >= 15 is 0 Å². The molecule has 0 radical (unpaired) electrons. The van der Waals surface area contributed by atoms with Gasteiger partial charge in [0.25, 0.3) is 0 Å². The number of halogens is 1. The van der Waals surface area contributed by atoms with Crippen LogP contribution in [-0.4, -0.2) is 12.4 Å². The maximum absolute atomic E-state index is 12.2. The Morgan fingerprint density at radius 1 is 1.13 bits per heavy atom. The monoisotopic (exact) mass is 373 g/mol. The lowest BCUT2D eigenvalue weighted by molar-refractivity contribution is 0.104. The number of allylic oxidation sites excluding steroid dienone is 2. The minimum atomic E-state index is -0.0228. The molecule has 0 atom stereocenters. The summed E-state index contributed by atoms with van der Waals surface area (Å²) in [6.07, 6.45) is 2.59. The molecule has 2 rings (SSSR count). The fourth-order valence-corrected chi connectivity index (χ4v) is 2.28. The molecule has 120 valence electrons. The van der Waals surface area contributed by atoms with Gasteiger partial charge >= 0.3 is 0 Å². The second kappa shape index (κ2) is 8.53. The number of hydrogen-bond acceptors (Lipinski definition) is 3. The Labute approximate surface area is 145 Å². The summed E-state index contributed by atoms with van der Waals surface area (Å²) in [5, 5.41) is 3.21. The standard InChI is InChI=1S/C19H20BrNO2/c1-3-12-23-18-10-8-17(9-11-18)21-14(2)13-19(22)15-4-6-16(20)7-5-15/h4-11,13,21H,3,12H2,1-2H3. The first kappa shape index (κ1) is 17.3. The van der Waals surface area contributed by atoms with E-state index in [1.807, 2.05) is 43.3 Å². The van der Waals surface area contributed by atoms with Crippen LogP contribution in [0.3, 0.4) is 0 Å². The zero-order valence-electron chi connectivity index (χ0n) is 13.3. The summed E-state index contributed by atoms with van der Waals surface area (Å²) in [7, 11) is 0. The van der Waals surface area contributed by atoms with Crippen LogP contribution in [0.5, 0.6) is 5.75 Å². The summed E-state index contributed by atoms with van der Waals surface area (Å²) in [5.41, 5.74) is 2.38. The summed E-state index contributed by atoms with van der Waals surface area (Å²) in [5.74, 6) is 0.829. The molecule has 0 aromatic heterocycles. The van der Waals surface area contributed by atoms with Gasteiger partial charge in [0.15, 0.2) is 5.78 Å². The molecular formula is C19H20BrNO2. The highest BCUT2D eigenvalue weighted by Crippen LogP contribution is 2.18. The predicted molar refractivity (Wildman–Crippen MR) is 98.1 cm³/mol. The second-order valence-corrected chi connectivity index (χ2v) is 6.11. The molecule has 2 aromatic rings. The zero-order chi connectivity index (χ0) is 16.7. The lowest BCUT2D eigenvalue weighted by atomic mass is 10.1. The maximum atomic E-state index is 12.2. The van der Waals surface area contributed by atoms with E-state index in [4.69, 9.17) is 4.74 Å². The van der Waals surface area contributed by atoms with Crippen LogP contribution in [-0.2, 0) is 0 Å². The largest absolute Gasteiger partial charge is 0.494 e. The van der Waals surface area contributed by atoms with Crippen LogP contribution in [0, 0.1) is 0 Å². The molecule has 2 aromatic carbocycles. The smallest absolute Gasteiger partial charge is 0.187 e. The van der Waals surface area contributed by atoms with Gasteiger partial charge in [-0.2, -0.15) is 0 Å². The van der Waals surface area contributed by atoms with E-state index in [0.717, 1.165) is 28.0 Å². The molecule has 0 spiro atoms. The van der Waals surface area contributed by atoms with Gasteiger partial charge in [-0.15, -0.1) is 0 Å². The fourth-order valence-electron chi connectivity index (χ4n) is 2.01. The Morgan fingerprint density at radius 3 is 2.39 bits per heavy atom. The van der Waals surface area contributed by atoms with Gasteiger partial charge in [-0.25, -0.2) is 0 Å². The van der Waals surface area contributed by atoms with E-state index in [-0.39, 0.29) is 5.78 Å². The van der Waals surface area contributed by atoms with Crippen molar-refractivity contribution in [1.29, 1.82) is 0 Å². The summed E-state index contributed by atoms with van der Waals surface area (Å²) >= 11 is 3.36. The molecule has 1 N–H and O–H groups in total. The number of nitrogens with one attached hydrogen (secondary N) is 1. The van der Waals surface area contributed by atoms with Crippen LogP contribution >= 0.6 is 15.9 Å². The van der Waals surface area contributed by atoms with Crippen molar-refractivity contribution < 1.29 is 9.53 Å². The molecule has 0 aliphatic rings. The Hall–Kier alpha value is -2.07. The Balaban J connectivity index is 1.98. The lowest BCUT2D eigenvalue weighted by Crippen LogP contribution is -2.01. The Morgan fingerprint density at radius 2 is 1.78 bits per heavy atom. The highest BCUT2D eigenvalue weighted by molar-refractivity contribution is 9.10. The zero-order valence-corrected chi connectivity index (χ0v) is 14.9. The van der Waals surface area contributed by atoms with Crippen LogP contribution in [0.2, 0.25) is 0 Å². The predicted octanol–water partition coefficient (Wildman–Crippen LogP) is 5.44. The van der Waals surface area contributed by atoms with E-state index in [1.54, 1.807) is 18.2 Å². The summed E-state index contributed by atoms with van der Waals surface area (Å²) in [6.45, 7) is 4.66. The molecule has 0 aliphatic heterocycles. The molecule has 3 nitrogen and oxygen atoms in total. The van der Waals surface area contributed by atoms with Crippen molar-refractivity contribution in [2.45, 2.75) is 20.3 Å². The molecule has 0 amide bonds. The summed E-state index contributed by atoms with van der Waals surface area (Å²) in [4.78, 5) is 12.2. The van der Waals surface area contributed by atoms with Crippen molar-refractivity contribution in [3.05, 3.63) is 70.3 Å². The van der Waals surface area contributed by atoms with Gasteiger partial charge < -0.3 is 10.1 Å². The average molecular weight is 374 g/mol. The van der Waals surface area contributed by atoms with Crippen LogP contribution in [0.1, 0.15) is 30.6 Å². The number of carbonyl (C=O) groups is 1. The quantitative estimate of drug-likeness (QED) is 0.518. The lowest BCUT2D eigenvalue weighted by Gasteiger charge is -2.08. The van der Waals surface area contributed by atoms with Gasteiger partial charge in [-0.3, -0.25) is 4.79 Å². The summed E-state index contributed by atoms with van der Waals surface area (Å²) < 4.78 is 6.50. The van der Waals surface area contributed by atoms with Crippen molar-refractivity contribution in [2.24, 2.45) is 0 Å². The first-order valence-electron chi connectivity index (χ1n) is 7.56. The van der Waals surface area contributed by atoms with Gasteiger partial charge in [-0.1, -0.05) is 22.9 Å². The van der Waals surface area contributed by atoms with Crippen molar-refractivity contribution >= 4 is 27.4 Å². The molecule has 0 bridgehead atoms. The Bertz CT molecular complexity index is 676. The third-order valence-electron chi connectivity index (χ3n) is 3.15. The molecule has 0 saturated carbocycles. The number of anilines is 1. The first-order chi connectivity index (χ1) is 11.1. The van der Waals surface area contributed by atoms with Gasteiger partial charge in [0.2, 0.25) is 0 Å². The molecular weight excluding hydrogens is 354 g/mol. The highest BCUT2D eigenvalue weighted by Gasteiger charge is 2.03. The normalized spacial score (nSPS) is 11.2. The molecule has 23 heavy (non-hydrogen) atoms. The van der Waals surface area contributed by atoms with Gasteiger partial charge in [0.05, 0.1) is 6.61 Å². The molecule has 0 saturated heterocycles. The number of carbonyl (C=O) groups excluding carboxylic acids is 1. The molecule has 0 aliphatic carbocycles. The third kappa shape index (κ3) is 5.57. The van der Waals surface area contributed by atoms with Crippen LogP contribution in [0.25, 0.3) is 0 Å².